The van der Waals surface area contributed by atoms with E-state index in [4.69, 9.17) is 11.6 Å². The van der Waals surface area contributed by atoms with Crippen LogP contribution in [0.1, 0.15) is 29.6 Å². The SMILES string of the molecule is O=C(CCCCCl)c1ccccc1OC(F)(F)C(F)F. The summed E-state index contributed by atoms with van der Waals surface area (Å²) in [4.78, 5) is 11.8. The summed E-state index contributed by atoms with van der Waals surface area (Å²) in [5.41, 5.74) is -0.137. The molecule has 0 radical (unpaired) electrons. The number of hydrogen-bond donors (Lipinski definition) is 0. The van der Waals surface area contributed by atoms with Crippen LogP contribution in [0, 0.1) is 0 Å². The highest BCUT2D eigenvalue weighted by atomic mass is 35.5. The average Bonchev–Trinajstić information content (AvgIpc) is 2.39. The van der Waals surface area contributed by atoms with Crippen molar-refractivity contribution in [1.29, 1.82) is 0 Å². The van der Waals surface area contributed by atoms with Crippen molar-refractivity contribution < 1.29 is 27.1 Å². The largest absolute Gasteiger partial charge is 0.461 e. The first-order valence-electron chi connectivity index (χ1n) is 5.91. The number of carbonyl (C=O) groups excluding carboxylic acids is 1. The summed E-state index contributed by atoms with van der Waals surface area (Å²) >= 11 is 5.47. The van der Waals surface area contributed by atoms with E-state index in [-0.39, 0.29) is 12.0 Å². The molecule has 0 aliphatic carbocycles. The molecule has 0 aromatic heterocycles. The van der Waals surface area contributed by atoms with Crippen LogP contribution in [0.2, 0.25) is 0 Å². The van der Waals surface area contributed by atoms with Gasteiger partial charge in [-0.2, -0.15) is 17.6 Å². The van der Waals surface area contributed by atoms with Crippen molar-refractivity contribution in [2.45, 2.75) is 31.8 Å². The Bertz CT molecular complexity index is 452. The maximum absolute atomic E-state index is 12.9. The van der Waals surface area contributed by atoms with Gasteiger partial charge in [-0.05, 0) is 25.0 Å². The van der Waals surface area contributed by atoms with Gasteiger partial charge in [0.1, 0.15) is 5.75 Å². The molecule has 1 aromatic rings. The van der Waals surface area contributed by atoms with Crippen LogP contribution < -0.4 is 4.74 Å². The number of ether oxygens (including phenoxy) is 1. The van der Waals surface area contributed by atoms with Gasteiger partial charge in [-0.25, -0.2) is 0 Å². The molecule has 1 rings (SSSR count). The Balaban J connectivity index is 2.85. The van der Waals surface area contributed by atoms with Crippen LogP contribution >= 0.6 is 11.6 Å². The molecule has 2 nitrogen and oxygen atoms in total. The van der Waals surface area contributed by atoms with E-state index < -0.39 is 24.1 Å². The highest BCUT2D eigenvalue weighted by Gasteiger charge is 2.44. The molecule has 0 amide bonds. The molecule has 0 saturated carbocycles. The molecule has 20 heavy (non-hydrogen) atoms. The molecular formula is C13H13ClF4O2. The molecule has 7 heteroatoms. The first-order chi connectivity index (χ1) is 9.38. The van der Waals surface area contributed by atoms with Gasteiger partial charge >= 0.3 is 12.5 Å². The summed E-state index contributed by atoms with van der Waals surface area (Å²) in [5.74, 6) is -0.612. The number of benzene rings is 1. The lowest BCUT2D eigenvalue weighted by atomic mass is 10.0. The third kappa shape index (κ3) is 4.67. The Hall–Kier alpha value is -1.30. The van der Waals surface area contributed by atoms with E-state index in [1.807, 2.05) is 0 Å². The first-order valence-corrected chi connectivity index (χ1v) is 6.45. The molecule has 0 aliphatic rings. The van der Waals surface area contributed by atoms with Gasteiger partial charge in [0.15, 0.2) is 5.78 Å². The highest BCUT2D eigenvalue weighted by Crippen LogP contribution is 2.30. The van der Waals surface area contributed by atoms with E-state index in [2.05, 4.69) is 4.74 Å². The van der Waals surface area contributed by atoms with Gasteiger partial charge in [0.25, 0.3) is 0 Å². The van der Waals surface area contributed by atoms with Gasteiger partial charge in [0.05, 0.1) is 5.56 Å². The lowest BCUT2D eigenvalue weighted by molar-refractivity contribution is -0.253. The highest BCUT2D eigenvalue weighted by molar-refractivity contribution is 6.17. The summed E-state index contributed by atoms with van der Waals surface area (Å²) in [5, 5.41) is 0. The fourth-order valence-electron chi connectivity index (χ4n) is 1.49. The molecule has 0 saturated heterocycles. The zero-order valence-corrected chi connectivity index (χ0v) is 11.2. The summed E-state index contributed by atoms with van der Waals surface area (Å²) in [6, 6.07) is 5.10. The molecule has 0 atom stereocenters. The van der Waals surface area contributed by atoms with E-state index in [1.54, 1.807) is 0 Å². The van der Waals surface area contributed by atoms with Crippen molar-refractivity contribution in [1.82, 2.24) is 0 Å². The molecule has 0 fully saturated rings. The number of hydrogen-bond acceptors (Lipinski definition) is 2. The summed E-state index contributed by atoms with van der Waals surface area (Å²) in [6.45, 7) is 0. The number of ketones is 1. The monoisotopic (exact) mass is 312 g/mol. The van der Waals surface area contributed by atoms with E-state index in [1.165, 1.54) is 18.2 Å². The van der Waals surface area contributed by atoms with Gasteiger partial charge in [0, 0.05) is 12.3 Å². The Kier molecular flexibility index (Phi) is 6.26. The molecule has 112 valence electrons. The minimum absolute atomic E-state index is 0.0906. The number of alkyl halides is 5. The molecule has 0 heterocycles. The molecule has 0 N–H and O–H groups in total. The normalized spacial score (nSPS) is 11.7. The Morgan fingerprint density at radius 2 is 1.90 bits per heavy atom. The Morgan fingerprint density at radius 1 is 1.25 bits per heavy atom. The fraction of sp³-hybridized carbons (Fsp3) is 0.462. The Morgan fingerprint density at radius 3 is 2.50 bits per heavy atom. The van der Waals surface area contributed by atoms with Gasteiger partial charge in [-0.3, -0.25) is 4.79 Å². The molecule has 1 aromatic carbocycles. The standard InChI is InChI=1S/C13H13ClF4O2/c14-8-4-3-6-10(19)9-5-1-2-7-11(9)20-13(17,18)12(15)16/h1-2,5,7,12H,3-4,6,8H2. The van der Waals surface area contributed by atoms with Crippen LogP contribution in [0.5, 0.6) is 5.75 Å². The minimum Gasteiger partial charge on any atom is -0.428 e. The van der Waals surface area contributed by atoms with E-state index >= 15 is 0 Å². The van der Waals surface area contributed by atoms with Crippen molar-refractivity contribution in [3.63, 3.8) is 0 Å². The Labute approximate surface area is 118 Å². The molecule has 0 bridgehead atoms. The van der Waals surface area contributed by atoms with Crippen LogP contribution in [-0.4, -0.2) is 24.2 Å². The van der Waals surface area contributed by atoms with E-state index in [9.17, 15) is 22.4 Å². The van der Waals surface area contributed by atoms with Crippen molar-refractivity contribution in [2.75, 3.05) is 5.88 Å². The smallest absolute Gasteiger partial charge is 0.428 e. The number of carbonyl (C=O) groups is 1. The number of para-hydroxylation sites is 1. The van der Waals surface area contributed by atoms with Crippen molar-refractivity contribution in [2.24, 2.45) is 0 Å². The topological polar surface area (TPSA) is 26.3 Å². The van der Waals surface area contributed by atoms with Crippen LogP contribution in [0.15, 0.2) is 24.3 Å². The van der Waals surface area contributed by atoms with Crippen LogP contribution in [-0.2, 0) is 0 Å². The summed E-state index contributed by atoms with van der Waals surface area (Å²) < 4.78 is 54.0. The number of Topliss-reactive ketones (excluding diaryl/α,β-unsaturated/α-hetero) is 1. The van der Waals surface area contributed by atoms with Crippen molar-refractivity contribution >= 4 is 17.4 Å². The first kappa shape index (κ1) is 16.8. The van der Waals surface area contributed by atoms with E-state index in [0.29, 0.717) is 18.7 Å². The fourth-order valence-corrected chi connectivity index (χ4v) is 1.68. The summed E-state index contributed by atoms with van der Waals surface area (Å²) in [7, 11) is 0. The number of unbranched alkanes of at least 4 members (excludes halogenated alkanes) is 1. The van der Waals surface area contributed by atoms with Gasteiger partial charge < -0.3 is 4.74 Å². The minimum atomic E-state index is -4.63. The quantitative estimate of drug-likeness (QED) is 0.305. The lowest BCUT2D eigenvalue weighted by Gasteiger charge is -2.18. The van der Waals surface area contributed by atoms with Crippen LogP contribution in [0.3, 0.4) is 0 Å². The number of halogens is 5. The van der Waals surface area contributed by atoms with Crippen LogP contribution in [0.4, 0.5) is 17.6 Å². The predicted molar refractivity (Wildman–Crippen MR) is 66.9 cm³/mol. The summed E-state index contributed by atoms with van der Waals surface area (Å²) in [6.07, 6.45) is -7.42. The average molecular weight is 313 g/mol. The maximum atomic E-state index is 12.9. The third-order valence-corrected chi connectivity index (χ3v) is 2.74. The second-order valence-electron chi connectivity index (χ2n) is 4.03. The van der Waals surface area contributed by atoms with Gasteiger partial charge in [-0.1, -0.05) is 12.1 Å². The molecule has 0 unspecified atom stereocenters. The molecule has 0 aliphatic heterocycles. The second-order valence-corrected chi connectivity index (χ2v) is 4.41. The molecule has 0 spiro atoms. The predicted octanol–water partition coefficient (Wildman–Crippen LogP) is 4.52. The van der Waals surface area contributed by atoms with E-state index in [0.717, 1.165) is 6.07 Å². The van der Waals surface area contributed by atoms with Crippen LogP contribution in [0.25, 0.3) is 0 Å². The number of rotatable bonds is 8. The third-order valence-electron chi connectivity index (χ3n) is 2.48. The molecular weight excluding hydrogens is 300 g/mol. The zero-order chi connectivity index (χ0) is 15.2. The zero-order valence-electron chi connectivity index (χ0n) is 10.4. The maximum Gasteiger partial charge on any atom is 0.461 e. The second kappa shape index (κ2) is 7.47. The van der Waals surface area contributed by atoms with Crippen molar-refractivity contribution in [3.05, 3.63) is 29.8 Å². The lowest BCUT2D eigenvalue weighted by Crippen LogP contribution is -2.34. The van der Waals surface area contributed by atoms with Crippen molar-refractivity contribution in [3.8, 4) is 5.75 Å². The van der Waals surface area contributed by atoms with Gasteiger partial charge in [0.2, 0.25) is 0 Å². The van der Waals surface area contributed by atoms with Gasteiger partial charge in [-0.15, -0.1) is 11.6 Å².